The molecule has 0 bridgehead atoms. The fraction of sp³-hybridized carbons (Fsp3) is 0.933. The molecule has 0 atom stereocenters. The Balaban J connectivity index is 0.00000256. The largest absolute Gasteiger partial charge is 1.00 e. The fourth-order valence-corrected chi connectivity index (χ4v) is 3.30. The van der Waals surface area contributed by atoms with Gasteiger partial charge in [-0.05, 0) is 38.0 Å². The summed E-state index contributed by atoms with van der Waals surface area (Å²) in [5.41, 5.74) is 2.79. The van der Waals surface area contributed by atoms with Crippen LogP contribution in [0, 0.1) is 10.8 Å². The van der Waals surface area contributed by atoms with Gasteiger partial charge in [-0.25, -0.2) is 4.58 Å². The minimum atomic E-state index is 0. The van der Waals surface area contributed by atoms with Crippen molar-refractivity contribution in [2.75, 3.05) is 7.05 Å². The third kappa shape index (κ3) is 4.73. The van der Waals surface area contributed by atoms with E-state index in [1.165, 1.54) is 19.3 Å². The SMILES string of the molecule is C[N+](=C1CC(C)(C)CC(C)(C)C1)C(C)(C)C.[Br-]. The Labute approximate surface area is 118 Å². The van der Waals surface area contributed by atoms with Crippen LogP contribution in [0.1, 0.15) is 67.7 Å². The Morgan fingerprint density at radius 3 is 1.59 bits per heavy atom. The summed E-state index contributed by atoms with van der Waals surface area (Å²) >= 11 is 0. The molecule has 0 saturated heterocycles. The topological polar surface area (TPSA) is 3.01 Å². The molecule has 0 aromatic carbocycles. The summed E-state index contributed by atoms with van der Waals surface area (Å²) in [5.74, 6) is 0. The number of halogens is 1. The minimum Gasteiger partial charge on any atom is -1.00 e. The first-order chi connectivity index (χ1) is 6.93. The van der Waals surface area contributed by atoms with Gasteiger partial charge in [-0.15, -0.1) is 0 Å². The first-order valence-electron chi connectivity index (χ1n) is 6.52. The van der Waals surface area contributed by atoms with E-state index in [0.717, 1.165) is 0 Å². The van der Waals surface area contributed by atoms with Crippen molar-refractivity contribution < 1.29 is 21.6 Å². The van der Waals surface area contributed by atoms with Crippen LogP contribution in [0.15, 0.2) is 0 Å². The second-order valence-electron chi connectivity index (χ2n) is 8.15. The van der Waals surface area contributed by atoms with Crippen molar-refractivity contribution in [2.45, 2.75) is 73.3 Å². The molecule has 1 rings (SSSR count). The Kier molecular flexibility index (Phi) is 5.07. The highest BCUT2D eigenvalue weighted by Gasteiger charge is 2.41. The van der Waals surface area contributed by atoms with Gasteiger partial charge >= 0.3 is 0 Å². The van der Waals surface area contributed by atoms with Crippen LogP contribution in [0.5, 0.6) is 0 Å². The summed E-state index contributed by atoms with van der Waals surface area (Å²) in [5, 5.41) is 0. The first-order valence-corrected chi connectivity index (χ1v) is 6.52. The maximum Gasteiger partial charge on any atom is 0.153 e. The van der Waals surface area contributed by atoms with Crippen LogP contribution in [0.25, 0.3) is 0 Å². The Morgan fingerprint density at radius 2 is 1.29 bits per heavy atom. The summed E-state index contributed by atoms with van der Waals surface area (Å²) in [6.07, 6.45) is 3.84. The van der Waals surface area contributed by atoms with Crippen LogP contribution in [-0.2, 0) is 0 Å². The van der Waals surface area contributed by atoms with E-state index in [2.05, 4.69) is 60.1 Å². The van der Waals surface area contributed by atoms with Crippen LogP contribution in [0.2, 0.25) is 0 Å². The smallest absolute Gasteiger partial charge is 0.153 e. The van der Waals surface area contributed by atoms with Crippen LogP contribution < -0.4 is 17.0 Å². The number of nitrogens with zero attached hydrogens (tertiary/aromatic N) is 1. The molecule has 1 saturated carbocycles. The van der Waals surface area contributed by atoms with Gasteiger partial charge in [-0.3, -0.25) is 0 Å². The number of rotatable bonds is 0. The maximum atomic E-state index is 2.50. The quantitative estimate of drug-likeness (QED) is 0.590. The second-order valence-corrected chi connectivity index (χ2v) is 8.15. The highest BCUT2D eigenvalue weighted by Crippen LogP contribution is 2.44. The Morgan fingerprint density at radius 1 is 0.941 bits per heavy atom. The van der Waals surface area contributed by atoms with Gasteiger partial charge in [-0.2, -0.15) is 0 Å². The van der Waals surface area contributed by atoms with Crippen LogP contribution >= 0.6 is 0 Å². The van der Waals surface area contributed by atoms with Crippen molar-refractivity contribution in [1.82, 2.24) is 0 Å². The molecule has 2 heteroatoms. The van der Waals surface area contributed by atoms with E-state index >= 15 is 0 Å². The Bertz CT molecular complexity index is 287. The minimum absolute atomic E-state index is 0. The fourth-order valence-electron chi connectivity index (χ4n) is 3.30. The molecular formula is C15H30BrN. The van der Waals surface area contributed by atoms with Gasteiger partial charge in [-0.1, -0.05) is 27.7 Å². The standard InChI is InChI=1S/C15H30N.BrH/c1-13(2,3)16(8)12-9-14(4,5)11-15(6,7)10-12;/h9-11H2,1-8H3;1H/q+1;/p-1. The molecule has 102 valence electrons. The van der Waals surface area contributed by atoms with E-state index in [1.807, 2.05) is 0 Å². The van der Waals surface area contributed by atoms with E-state index in [1.54, 1.807) is 5.71 Å². The van der Waals surface area contributed by atoms with Gasteiger partial charge < -0.3 is 17.0 Å². The molecule has 1 aliphatic carbocycles. The average molecular weight is 304 g/mol. The third-order valence-electron chi connectivity index (χ3n) is 3.80. The van der Waals surface area contributed by atoms with Gasteiger partial charge in [0.15, 0.2) is 11.3 Å². The summed E-state index contributed by atoms with van der Waals surface area (Å²) < 4.78 is 2.50. The number of hydrogen-bond donors (Lipinski definition) is 0. The molecule has 0 aromatic heterocycles. The van der Waals surface area contributed by atoms with Gasteiger partial charge in [0.05, 0.1) is 0 Å². The average Bonchev–Trinajstić information content (AvgIpc) is 1.94. The van der Waals surface area contributed by atoms with Crippen molar-refractivity contribution in [2.24, 2.45) is 10.8 Å². The van der Waals surface area contributed by atoms with Crippen LogP contribution in [0.3, 0.4) is 0 Å². The maximum absolute atomic E-state index is 2.50. The van der Waals surface area contributed by atoms with Gasteiger partial charge in [0.1, 0.15) is 7.05 Å². The van der Waals surface area contributed by atoms with E-state index in [9.17, 15) is 0 Å². The summed E-state index contributed by atoms with van der Waals surface area (Å²) in [7, 11) is 2.26. The van der Waals surface area contributed by atoms with Crippen molar-refractivity contribution in [3.63, 3.8) is 0 Å². The van der Waals surface area contributed by atoms with E-state index in [0.29, 0.717) is 10.8 Å². The Hall–Kier alpha value is 0.150. The molecule has 17 heavy (non-hydrogen) atoms. The predicted octanol–water partition coefficient (Wildman–Crippen LogP) is 1.11. The normalized spacial score (nSPS) is 22.9. The van der Waals surface area contributed by atoms with E-state index in [4.69, 9.17) is 0 Å². The molecule has 1 aliphatic rings. The lowest BCUT2D eigenvalue weighted by Gasteiger charge is -2.40. The van der Waals surface area contributed by atoms with Crippen LogP contribution in [-0.4, -0.2) is 22.9 Å². The molecule has 0 aliphatic heterocycles. The monoisotopic (exact) mass is 303 g/mol. The lowest BCUT2D eigenvalue weighted by Crippen LogP contribution is -3.00. The van der Waals surface area contributed by atoms with Crippen molar-refractivity contribution in [3.8, 4) is 0 Å². The predicted molar refractivity (Wildman–Crippen MR) is 72.4 cm³/mol. The third-order valence-corrected chi connectivity index (χ3v) is 3.80. The first kappa shape index (κ1) is 17.2. The molecule has 0 aromatic rings. The van der Waals surface area contributed by atoms with Gasteiger partial charge in [0, 0.05) is 12.8 Å². The molecule has 0 N–H and O–H groups in total. The molecule has 0 unspecified atom stereocenters. The molecule has 0 radical (unpaired) electrons. The highest BCUT2D eigenvalue weighted by atomic mass is 79.9. The number of hydrogen-bond acceptors (Lipinski definition) is 0. The van der Waals surface area contributed by atoms with Gasteiger partial charge in [0.2, 0.25) is 0 Å². The van der Waals surface area contributed by atoms with Crippen molar-refractivity contribution >= 4 is 5.71 Å². The van der Waals surface area contributed by atoms with Crippen LogP contribution in [0.4, 0.5) is 0 Å². The van der Waals surface area contributed by atoms with E-state index < -0.39 is 0 Å². The molecule has 0 amide bonds. The van der Waals surface area contributed by atoms with E-state index in [-0.39, 0.29) is 22.5 Å². The summed E-state index contributed by atoms with van der Waals surface area (Å²) in [6.45, 7) is 16.5. The lowest BCUT2D eigenvalue weighted by atomic mass is 9.64. The zero-order valence-electron chi connectivity index (χ0n) is 12.9. The zero-order chi connectivity index (χ0) is 12.8. The van der Waals surface area contributed by atoms with Crippen molar-refractivity contribution in [3.05, 3.63) is 0 Å². The molecular weight excluding hydrogens is 274 g/mol. The molecule has 0 spiro atoms. The highest BCUT2D eigenvalue weighted by molar-refractivity contribution is 5.82. The van der Waals surface area contributed by atoms with Crippen molar-refractivity contribution in [1.29, 1.82) is 0 Å². The van der Waals surface area contributed by atoms with Gasteiger partial charge in [0.25, 0.3) is 0 Å². The molecule has 0 heterocycles. The molecule has 1 fully saturated rings. The lowest BCUT2D eigenvalue weighted by molar-refractivity contribution is -0.573. The second kappa shape index (κ2) is 5.03. The molecule has 1 nitrogen and oxygen atoms in total. The summed E-state index contributed by atoms with van der Waals surface area (Å²) in [6, 6.07) is 0. The zero-order valence-corrected chi connectivity index (χ0v) is 14.5. The summed E-state index contributed by atoms with van der Waals surface area (Å²) in [4.78, 5) is 0.